The van der Waals surface area contributed by atoms with Gasteiger partial charge in [0.2, 0.25) is 11.6 Å². The van der Waals surface area contributed by atoms with Gasteiger partial charge in [0.15, 0.2) is 5.72 Å². The van der Waals surface area contributed by atoms with E-state index in [0.29, 0.717) is 6.54 Å². The predicted molar refractivity (Wildman–Crippen MR) is 82.5 cm³/mol. The Morgan fingerprint density at radius 2 is 2.17 bits per heavy atom. The highest BCUT2D eigenvalue weighted by Gasteiger charge is 2.73. The van der Waals surface area contributed by atoms with E-state index in [0.717, 1.165) is 11.8 Å². The van der Waals surface area contributed by atoms with Crippen LogP contribution in [0.25, 0.3) is 0 Å². The highest BCUT2D eigenvalue weighted by Crippen LogP contribution is 2.57. The molecule has 0 saturated carbocycles. The summed E-state index contributed by atoms with van der Waals surface area (Å²) in [5.41, 5.74) is 5.25. The second kappa shape index (κ2) is 4.38. The molecule has 0 radical (unpaired) electrons. The van der Waals surface area contributed by atoms with Crippen molar-refractivity contribution in [1.82, 2.24) is 9.80 Å². The molecule has 23 heavy (non-hydrogen) atoms. The first-order valence-electron chi connectivity index (χ1n) is 7.38. The van der Waals surface area contributed by atoms with Crippen LogP contribution in [0.4, 0.5) is 0 Å². The maximum absolute atomic E-state index is 12.7. The van der Waals surface area contributed by atoms with Gasteiger partial charge in [0.25, 0.3) is 0 Å². The Balaban J connectivity index is 1.85. The number of piperazine rings is 1. The number of thioether (sulfide) groups is 1. The molecule has 1 unspecified atom stereocenters. The van der Waals surface area contributed by atoms with Crippen LogP contribution in [0.5, 0.6) is 0 Å². The van der Waals surface area contributed by atoms with E-state index < -0.39 is 11.6 Å². The van der Waals surface area contributed by atoms with Gasteiger partial charge in [-0.15, -0.1) is 0 Å². The Labute approximate surface area is 137 Å². The molecule has 2 fully saturated rings. The maximum Gasteiger partial charge on any atom is 0.207 e. The summed E-state index contributed by atoms with van der Waals surface area (Å²) in [6.07, 6.45) is 0. The van der Waals surface area contributed by atoms with Crippen LogP contribution in [0.15, 0.2) is 22.5 Å². The molecule has 0 aromatic rings. The molecule has 7 nitrogen and oxygen atoms in total. The molecule has 0 aromatic carbocycles. The number of ketones is 2. The smallest absolute Gasteiger partial charge is 0.207 e. The topological polar surface area (TPSA) is 110 Å². The highest BCUT2D eigenvalue weighted by molar-refractivity contribution is 8.03. The van der Waals surface area contributed by atoms with Crippen LogP contribution in [0, 0.1) is 16.6 Å². The number of hydrogen-bond donors (Lipinski definition) is 2. The summed E-state index contributed by atoms with van der Waals surface area (Å²) in [4.78, 5) is 29.1. The number of likely N-dealkylation sites (N-methyl/N-ethyl adjacent to an activating group) is 1. The van der Waals surface area contributed by atoms with Crippen molar-refractivity contribution in [1.29, 1.82) is 5.26 Å². The number of carbonyl (C=O) groups excluding carboxylic acids is 2. The molecule has 0 aromatic heterocycles. The number of nitrogens with zero attached hydrogens (tertiary/aromatic N) is 3. The molecule has 2 saturated heterocycles. The van der Waals surface area contributed by atoms with Crippen molar-refractivity contribution in [3.63, 3.8) is 0 Å². The second-order valence-corrected chi connectivity index (χ2v) is 7.29. The summed E-state index contributed by atoms with van der Waals surface area (Å²) in [5.74, 6) is -1.01. The summed E-state index contributed by atoms with van der Waals surface area (Å²) in [6.45, 7) is 2.05. The van der Waals surface area contributed by atoms with Crippen LogP contribution in [0.1, 0.15) is 6.92 Å². The number of nitriles is 1. The normalized spacial score (nSPS) is 41.0. The fraction of sp³-hybridized carbons (Fsp3) is 0.533. The monoisotopic (exact) mass is 332 g/mol. The molecular formula is C15H16N4O3S. The number of hydrogen-bond acceptors (Lipinski definition) is 8. The zero-order valence-electron chi connectivity index (χ0n) is 12.7. The van der Waals surface area contributed by atoms with Gasteiger partial charge in [0, 0.05) is 35.4 Å². The van der Waals surface area contributed by atoms with Gasteiger partial charge >= 0.3 is 0 Å². The fourth-order valence-electron chi connectivity index (χ4n) is 4.35. The number of aliphatic hydroxyl groups is 1. The molecule has 3 heterocycles. The molecule has 8 heteroatoms. The van der Waals surface area contributed by atoms with Crippen LogP contribution in [0.3, 0.4) is 0 Å². The average molecular weight is 332 g/mol. The van der Waals surface area contributed by atoms with Crippen molar-refractivity contribution < 1.29 is 14.7 Å². The number of rotatable bonds is 2. The minimum absolute atomic E-state index is 0.0498. The van der Waals surface area contributed by atoms with Crippen molar-refractivity contribution in [2.45, 2.75) is 24.7 Å². The Kier molecular flexibility index (Phi) is 2.81. The number of fused-ring (bicyclic) bond motifs is 4. The molecule has 0 amide bonds. The number of nitrogens with two attached hydrogens (primary N) is 1. The van der Waals surface area contributed by atoms with E-state index in [2.05, 4.69) is 0 Å². The van der Waals surface area contributed by atoms with E-state index in [-0.39, 0.29) is 51.9 Å². The third-order valence-electron chi connectivity index (χ3n) is 5.62. The van der Waals surface area contributed by atoms with Gasteiger partial charge < -0.3 is 15.7 Å². The van der Waals surface area contributed by atoms with Crippen LogP contribution in [-0.4, -0.2) is 63.6 Å². The Bertz CT molecular complexity index is 767. The largest absolute Gasteiger partial charge is 0.395 e. The lowest BCUT2D eigenvalue weighted by molar-refractivity contribution is -0.121. The molecule has 1 aliphatic carbocycles. The second-order valence-electron chi connectivity index (χ2n) is 6.49. The molecule has 120 valence electrons. The first kappa shape index (κ1) is 14.8. The molecule has 5 atom stereocenters. The molecule has 3 aliphatic heterocycles. The fourth-order valence-corrected chi connectivity index (χ4v) is 5.00. The minimum Gasteiger partial charge on any atom is -0.395 e. The summed E-state index contributed by atoms with van der Waals surface area (Å²) < 4.78 is 0. The van der Waals surface area contributed by atoms with Crippen LogP contribution in [0.2, 0.25) is 0 Å². The Morgan fingerprint density at radius 1 is 1.48 bits per heavy atom. The first-order valence-corrected chi connectivity index (χ1v) is 8.37. The molecular weight excluding hydrogens is 316 g/mol. The van der Waals surface area contributed by atoms with Crippen molar-refractivity contribution in [2.24, 2.45) is 11.7 Å². The molecule has 4 rings (SSSR count). The number of allylic oxidation sites excluding steroid dienone is 2. The van der Waals surface area contributed by atoms with E-state index in [9.17, 15) is 14.7 Å². The van der Waals surface area contributed by atoms with Crippen LogP contribution >= 0.6 is 11.8 Å². The summed E-state index contributed by atoms with van der Waals surface area (Å²) in [5, 5.41) is 22.3. The Hall–Kier alpha value is -1.82. The van der Waals surface area contributed by atoms with Gasteiger partial charge in [-0.25, -0.2) is 0 Å². The van der Waals surface area contributed by atoms with Gasteiger partial charge in [-0.2, -0.15) is 5.26 Å². The quantitative estimate of drug-likeness (QED) is 0.382. The summed E-state index contributed by atoms with van der Waals surface area (Å²) in [6, 6.07) is 0.0506. The van der Waals surface area contributed by atoms with E-state index in [4.69, 9.17) is 11.0 Å². The van der Waals surface area contributed by atoms with E-state index >= 15 is 0 Å². The van der Waals surface area contributed by atoms with Crippen molar-refractivity contribution >= 4 is 23.3 Å². The standard InChI is InChI=1S/C15H16N4O3S/c1-6-10(17)13(21)9-7(4-23-5-16)15(22)14-8(18(14)2)3-19(15)11(9)12(6)20/h7-8,14,22H,3-4,17H2,1-2H3/t7-,8+,14+,15-,18?/m1/s1. The van der Waals surface area contributed by atoms with Crippen LogP contribution in [-0.2, 0) is 9.59 Å². The number of carbonyl (C=O) groups is 2. The van der Waals surface area contributed by atoms with E-state index in [1.807, 2.05) is 17.3 Å². The van der Waals surface area contributed by atoms with Crippen molar-refractivity contribution in [3.05, 3.63) is 22.5 Å². The molecule has 4 aliphatic rings. The third kappa shape index (κ3) is 1.52. The van der Waals surface area contributed by atoms with Gasteiger partial charge in [-0.1, -0.05) is 0 Å². The predicted octanol–water partition coefficient (Wildman–Crippen LogP) is -0.844. The SMILES string of the molecule is CC1=C(N)C(=O)C2=C(C1=O)N1C[C@H]3[C@H](N3C)[C@]1(O)[C@@H]2CSC#N. The number of Topliss-reactive ketones (excluding diaryl/α,β-unsaturated/α-hetero) is 2. The lowest BCUT2D eigenvalue weighted by Crippen LogP contribution is -2.53. The highest BCUT2D eigenvalue weighted by atomic mass is 32.2. The Morgan fingerprint density at radius 3 is 2.83 bits per heavy atom. The zero-order chi connectivity index (χ0) is 16.7. The van der Waals surface area contributed by atoms with Crippen molar-refractivity contribution in [2.75, 3.05) is 19.3 Å². The average Bonchev–Trinajstić information content (AvgIpc) is 2.94. The maximum atomic E-state index is 12.7. The summed E-state index contributed by atoms with van der Waals surface area (Å²) >= 11 is 0.981. The first-order chi connectivity index (χ1) is 10.9. The van der Waals surface area contributed by atoms with Crippen molar-refractivity contribution in [3.8, 4) is 5.40 Å². The van der Waals surface area contributed by atoms with Gasteiger partial charge in [-0.3, -0.25) is 14.5 Å². The van der Waals surface area contributed by atoms with Gasteiger partial charge in [0.05, 0.1) is 17.4 Å². The lowest BCUT2D eigenvalue weighted by atomic mass is 9.83. The van der Waals surface area contributed by atoms with E-state index in [1.54, 1.807) is 11.8 Å². The van der Waals surface area contributed by atoms with Gasteiger partial charge in [-0.05, 0) is 25.7 Å². The third-order valence-corrected chi connectivity index (χ3v) is 6.25. The number of thiocyanates is 1. The molecule has 0 bridgehead atoms. The molecule has 0 spiro atoms. The molecule has 3 N–H and O–H groups in total. The van der Waals surface area contributed by atoms with Gasteiger partial charge in [0.1, 0.15) is 5.40 Å². The zero-order valence-corrected chi connectivity index (χ0v) is 13.6. The summed E-state index contributed by atoms with van der Waals surface area (Å²) in [7, 11) is 1.91. The van der Waals surface area contributed by atoms with E-state index in [1.165, 1.54) is 0 Å². The van der Waals surface area contributed by atoms with Crippen LogP contribution < -0.4 is 5.73 Å². The lowest BCUT2D eigenvalue weighted by Gasteiger charge is -2.37. The minimum atomic E-state index is -1.32.